The Balaban J connectivity index is 1.54. The van der Waals surface area contributed by atoms with Gasteiger partial charge in [-0.2, -0.15) is 0 Å². The second kappa shape index (κ2) is 7.82. The van der Waals surface area contributed by atoms with Gasteiger partial charge in [0.2, 0.25) is 11.8 Å². The minimum atomic E-state index is -0.289. The molecular weight excluding hydrogens is 374 g/mol. The van der Waals surface area contributed by atoms with E-state index < -0.39 is 0 Å². The van der Waals surface area contributed by atoms with E-state index in [4.69, 9.17) is 4.74 Å². The van der Waals surface area contributed by atoms with Crippen molar-refractivity contribution in [2.24, 2.45) is 5.92 Å². The molecule has 28 heavy (non-hydrogen) atoms. The molecule has 2 aromatic carbocycles. The van der Waals surface area contributed by atoms with Crippen LogP contribution in [0.15, 0.2) is 54.6 Å². The Morgan fingerprint density at radius 2 is 1.82 bits per heavy atom. The fourth-order valence-electron chi connectivity index (χ4n) is 3.11. The Bertz CT molecular complexity index is 1020. The number of ether oxygens (including phenoxy) is 1. The second-order valence-corrected chi connectivity index (χ2v) is 7.55. The average molecular weight is 393 g/mol. The fourth-order valence-corrected chi connectivity index (χ4v) is 4.05. The Morgan fingerprint density at radius 1 is 1.07 bits per heavy atom. The number of thiazole rings is 1. The molecule has 1 aromatic heterocycles. The van der Waals surface area contributed by atoms with Crippen LogP contribution in [0.1, 0.15) is 12.5 Å². The standard InChI is InChI=1S/C21H19N3O3S/c1-13(25)22-20-18(14-7-3-2-4-8-14)23-21(28-20)24-19(26)16-11-15-9-5-6-10-17(15)27-12-16/h2-10,16H,11-12H2,1H3,(H,22,25)(H,23,24,26). The monoisotopic (exact) mass is 393 g/mol. The molecule has 1 aliphatic heterocycles. The Hall–Kier alpha value is -3.19. The number of hydrogen-bond donors (Lipinski definition) is 2. The Kier molecular flexibility index (Phi) is 5.08. The molecular formula is C21H19N3O3S. The molecule has 0 saturated heterocycles. The lowest BCUT2D eigenvalue weighted by atomic mass is 9.96. The third-order valence-electron chi connectivity index (χ3n) is 4.44. The van der Waals surface area contributed by atoms with E-state index in [9.17, 15) is 9.59 Å². The van der Waals surface area contributed by atoms with Crippen LogP contribution in [0.2, 0.25) is 0 Å². The van der Waals surface area contributed by atoms with Crippen LogP contribution >= 0.6 is 11.3 Å². The first-order valence-electron chi connectivity index (χ1n) is 8.95. The summed E-state index contributed by atoms with van der Waals surface area (Å²) in [5, 5.41) is 6.74. The molecule has 1 atom stereocenters. The van der Waals surface area contributed by atoms with Gasteiger partial charge in [-0.3, -0.25) is 9.59 Å². The largest absolute Gasteiger partial charge is 0.492 e. The van der Waals surface area contributed by atoms with E-state index in [1.807, 2.05) is 54.6 Å². The smallest absolute Gasteiger partial charge is 0.233 e. The van der Waals surface area contributed by atoms with E-state index in [1.165, 1.54) is 18.3 Å². The first-order chi connectivity index (χ1) is 13.6. The number of fused-ring (bicyclic) bond motifs is 1. The molecule has 2 amide bonds. The number of nitrogens with zero attached hydrogens (tertiary/aromatic N) is 1. The summed E-state index contributed by atoms with van der Waals surface area (Å²) >= 11 is 1.24. The van der Waals surface area contributed by atoms with Crippen LogP contribution in [-0.2, 0) is 16.0 Å². The van der Waals surface area contributed by atoms with Crippen LogP contribution in [0.25, 0.3) is 11.3 Å². The third kappa shape index (κ3) is 3.89. The first kappa shape index (κ1) is 18.2. The number of carbonyl (C=O) groups is 2. The highest BCUT2D eigenvalue weighted by Crippen LogP contribution is 2.36. The lowest BCUT2D eigenvalue weighted by molar-refractivity contribution is -0.121. The average Bonchev–Trinajstić information content (AvgIpc) is 3.09. The molecule has 1 unspecified atom stereocenters. The molecule has 7 heteroatoms. The van der Waals surface area contributed by atoms with E-state index in [0.717, 1.165) is 16.9 Å². The van der Waals surface area contributed by atoms with Gasteiger partial charge in [-0.1, -0.05) is 59.9 Å². The molecule has 2 heterocycles. The van der Waals surface area contributed by atoms with Crippen LogP contribution in [0, 0.1) is 5.92 Å². The summed E-state index contributed by atoms with van der Waals surface area (Å²) in [7, 11) is 0. The van der Waals surface area contributed by atoms with Crippen LogP contribution in [0.3, 0.4) is 0 Å². The normalized spacial score (nSPS) is 15.2. The lowest BCUT2D eigenvalue weighted by Gasteiger charge is -2.24. The molecule has 0 saturated carbocycles. The maximum atomic E-state index is 12.7. The number of rotatable bonds is 4. The van der Waals surface area contributed by atoms with Crippen LogP contribution in [0.4, 0.5) is 10.1 Å². The minimum absolute atomic E-state index is 0.141. The van der Waals surface area contributed by atoms with Crippen molar-refractivity contribution >= 4 is 33.3 Å². The predicted octanol–water partition coefficient (Wildman–Crippen LogP) is 3.96. The molecule has 0 spiro atoms. The highest BCUT2D eigenvalue weighted by atomic mass is 32.1. The first-order valence-corrected chi connectivity index (χ1v) is 9.77. The van der Waals surface area contributed by atoms with Crippen molar-refractivity contribution in [1.29, 1.82) is 0 Å². The number of benzene rings is 2. The van der Waals surface area contributed by atoms with E-state index in [2.05, 4.69) is 15.6 Å². The number of aromatic nitrogens is 1. The zero-order chi connectivity index (χ0) is 19.5. The summed E-state index contributed by atoms with van der Waals surface area (Å²) in [6, 6.07) is 17.3. The van der Waals surface area contributed by atoms with Crippen molar-refractivity contribution in [3.05, 3.63) is 60.2 Å². The van der Waals surface area contributed by atoms with Crippen molar-refractivity contribution in [2.75, 3.05) is 17.2 Å². The second-order valence-electron chi connectivity index (χ2n) is 6.55. The van der Waals surface area contributed by atoms with Crippen molar-refractivity contribution in [3.63, 3.8) is 0 Å². The summed E-state index contributed by atoms with van der Waals surface area (Å²) < 4.78 is 5.71. The van der Waals surface area contributed by atoms with Crippen molar-refractivity contribution in [1.82, 2.24) is 4.98 Å². The fraction of sp³-hybridized carbons (Fsp3) is 0.190. The lowest BCUT2D eigenvalue weighted by Crippen LogP contribution is -2.32. The van der Waals surface area contributed by atoms with Crippen LogP contribution in [0.5, 0.6) is 5.75 Å². The van der Waals surface area contributed by atoms with E-state index >= 15 is 0 Å². The predicted molar refractivity (Wildman–Crippen MR) is 110 cm³/mol. The van der Waals surface area contributed by atoms with Gasteiger partial charge in [-0.25, -0.2) is 4.98 Å². The summed E-state index contributed by atoms with van der Waals surface area (Å²) in [5.41, 5.74) is 2.54. The van der Waals surface area contributed by atoms with Crippen LogP contribution in [-0.4, -0.2) is 23.4 Å². The van der Waals surface area contributed by atoms with E-state index in [-0.39, 0.29) is 17.7 Å². The number of para-hydroxylation sites is 1. The van der Waals surface area contributed by atoms with Crippen molar-refractivity contribution in [3.8, 4) is 17.0 Å². The van der Waals surface area contributed by atoms with Gasteiger partial charge < -0.3 is 15.4 Å². The van der Waals surface area contributed by atoms with Gasteiger partial charge in [0.1, 0.15) is 23.1 Å². The molecule has 3 aromatic rings. The highest BCUT2D eigenvalue weighted by Gasteiger charge is 2.27. The molecule has 0 bridgehead atoms. The maximum Gasteiger partial charge on any atom is 0.233 e. The summed E-state index contributed by atoms with van der Waals surface area (Å²) in [4.78, 5) is 28.8. The minimum Gasteiger partial charge on any atom is -0.492 e. The van der Waals surface area contributed by atoms with E-state index in [1.54, 1.807) is 0 Å². The zero-order valence-corrected chi connectivity index (χ0v) is 16.1. The molecule has 0 fully saturated rings. The molecule has 0 aliphatic carbocycles. The summed E-state index contributed by atoms with van der Waals surface area (Å²) in [5.74, 6) is 0.219. The molecule has 142 valence electrons. The third-order valence-corrected chi connectivity index (χ3v) is 5.33. The van der Waals surface area contributed by atoms with Crippen LogP contribution < -0.4 is 15.4 Å². The van der Waals surface area contributed by atoms with Gasteiger partial charge in [0.05, 0.1) is 5.92 Å². The number of amides is 2. The zero-order valence-electron chi connectivity index (χ0n) is 15.3. The number of hydrogen-bond acceptors (Lipinski definition) is 5. The number of carbonyl (C=O) groups excluding carboxylic acids is 2. The van der Waals surface area contributed by atoms with Gasteiger partial charge in [-0.15, -0.1) is 0 Å². The van der Waals surface area contributed by atoms with Gasteiger partial charge in [0, 0.05) is 12.5 Å². The van der Waals surface area contributed by atoms with E-state index in [0.29, 0.717) is 28.9 Å². The Morgan fingerprint density at radius 3 is 2.61 bits per heavy atom. The Labute approximate surface area is 166 Å². The molecule has 0 radical (unpaired) electrons. The summed E-state index contributed by atoms with van der Waals surface area (Å²) in [6.07, 6.45) is 0.622. The molecule has 4 rings (SSSR count). The highest BCUT2D eigenvalue weighted by molar-refractivity contribution is 7.20. The number of nitrogens with one attached hydrogen (secondary N) is 2. The quantitative estimate of drug-likeness (QED) is 0.703. The van der Waals surface area contributed by atoms with Gasteiger partial charge in [0.25, 0.3) is 0 Å². The van der Waals surface area contributed by atoms with Gasteiger partial charge in [-0.05, 0) is 18.1 Å². The van der Waals surface area contributed by atoms with Gasteiger partial charge in [0.15, 0.2) is 5.13 Å². The molecule has 1 aliphatic rings. The van der Waals surface area contributed by atoms with Crippen molar-refractivity contribution in [2.45, 2.75) is 13.3 Å². The molecule has 6 nitrogen and oxygen atoms in total. The number of anilines is 2. The topological polar surface area (TPSA) is 80.3 Å². The van der Waals surface area contributed by atoms with Crippen molar-refractivity contribution < 1.29 is 14.3 Å². The van der Waals surface area contributed by atoms with Gasteiger partial charge >= 0.3 is 0 Å². The summed E-state index contributed by atoms with van der Waals surface area (Å²) in [6.45, 7) is 1.78. The maximum absolute atomic E-state index is 12.7. The molecule has 2 N–H and O–H groups in total. The SMILES string of the molecule is CC(=O)Nc1sc(NC(=O)C2COc3ccccc3C2)nc1-c1ccccc1.